The second-order valence-electron chi connectivity index (χ2n) is 12.1. The highest BCUT2D eigenvalue weighted by Crippen LogP contribution is 2.68. The van der Waals surface area contributed by atoms with Crippen molar-refractivity contribution >= 4 is 68.1 Å². The average molecular weight is 719 g/mol. The molecule has 2 saturated carbocycles. The lowest BCUT2D eigenvalue weighted by Gasteiger charge is -2.43. The van der Waals surface area contributed by atoms with Gasteiger partial charge in [-0.05, 0) is 90.4 Å². The van der Waals surface area contributed by atoms with Crippen LogP contribution in [0.1, 0.15) is 22.8 Å². The molecule has 3 heterocycles. The number of carbonyl (C=O) groups excluding carboxylic acids is 3. The Morgan fingerprint density at radius 3 is 2.30 bits per heavy atom. The Kier molecular flexibility index (Phi) is 7.34. The predicted molar refractivity (Wildman–Crippen MR) is 179 cm³/mol. The number of carbonyl (C=O) groups is 3. The van der Waals surface area contributed by atoms with Gasteiger partial charge in [0, 0.05) is 26.2 Å². The number of ether oxygens (including phenoxy) is 2. The standard InChI is InChI=1S/C34H28BrN3O6S2/c1-43-20-12-6-18(7-13-20)36-24(39)15-44-21-10-2-16(3-11-21)25-26-22-14-23(29(26)45-31-30(25)46-34(42)37-31)28-27(22)32(40)38(33(28)41)19-8-4-17(35)5-9-19/h2-13,22-23,25-29H,14-15H2,1H3,(H,36,39)(H,37,42)/t22-,23-,25-,26?,27?,28?,29?/m1/s1. The summed E-state index contributed by atoms with van der Waals surface area (Å²) in [6.45, 7) is -0.155. The van der Waals surface area contributed by atoms with Crippen molar-refractivity contribution in [3.05, 3.63) is 97.4 Å². The van der Waals surface area contributed by atoms with Gasteiger partial charge in [0.1, 0.15) is 11.5 Å². The number of aromatic nitrogens is 1. The van der Waals surface area contributed by atoms with E-state index in [1.165, 1.54) is 16.2 Å². The Bertz CT molecular complexity index is 1910. The van der Waals surface area contributed by atoms with Gasteiger partial charge in [-0.25, -0.2) is 0 Å². The van der Waals surface area contributed by atoms with Crippen LogP contribution in [0.5, 0.6) is 11.5 Å². The summed E-state index contributed by atoms with van der Waals surface area (Å²) in [6.07, 6.45) is 0.823. The zero-order valence-corrected chi connectivity index (χ0v) is 27.7. The number of halogens is 1. The van der Waals surface area contributed by atoms with E-state index in [2.05, 4.69) is 26.2 Å². The molecule has 2 bridgehead atoms. The average Bonchev–Trinajstić information content (AvgIpc) is 3.80. The lowest BCUT2D eigenvalue weighted by atomic mass is 9.68. The molecular weight excluding hydrogens is 690 g/mol. The summed E-state index contributed by atoms with van der Waals surface area (Å²) in [6, 6.07) is 22.0. The van der Waals surface area contributed by atoms with Crippen molar-refractivity contribution in [2.45, 2.75) is 22.6 Å². The molecule has 3 amide bonds. The zero-order valence-electron chi connectivity index (χ0n) is 24.5. The number of imide groups is 1. The number of anilines is 2. The van der Waals surface area contributed by atoms with Crippen molar-refractivity contribution in [3.63, 3.8) is 0 Å². The fraction of sp³-hybridized carbons (Fsp3) is 0.294. The summed E-state index contributed by atoms with van der Waals surface area (Å²) < 4.78 is 11.8. The molecule has 1 saturated heterocycles. The van der Waals surface area contributed by atoms with Crippen LogP contribution in [0.15, 0.2) is 87.1 Å². The second-order valence-corrected chi connectivity index (χ2v) is 15.2. The molecule has 46 heavy (non-hydrogen) atoms. The summed E-state index contributed by atoms with van der Waals surface area (Å²) in [4.78, 5) is 58.1. The van der Waals surface area contributed by atoms with E-state index < -0.39 is 0 Å². The third kappa shape index (κ3) is 4.80. The van der Waals surface area contributed by atoms with Crippen LogP contribution in [0.2, 0.25) is 0 Å². The Morgan fingerprint density at radius 2 is 1.61 bits per heavy atom. The minimum atomic E-state index is -0.366. The first-order valence-corrected chi connectivity index (χ1v) is 17.5. The van der Waals surface area contributed by atoms with Crippen molar-refractivity contribution < 1.29 is 23.9 Å². The fourth-order valence-corrected chi connectivity index (χ4v) is 11.2. The molecule has 7 atom stereocenters. The van der Waals surface area contributed by atoms with Crippen molar-refractivity contribution in [2.75, 3.05) is 23.9 Å². The molecule has 0 spiro atoms. The van der Waals surface area contributed by atoms with Crippen LogP contribution in [0.25, 0.3) is 0 Å². The molecule has 9 nitrogen and oxygen atoms in total. The number of hydrogen-bond acceptors (Lipinski definition) is 8. The van der Waals surface area contributed by atoms with Crippen LogP contribution < -0.4 is 24.6 Å². The maximum Gasteiger partial charge on any atom is 0.305 e. The molecule has 4 aliphatic rings. The number of hydrogen-bond donors (Lipinski definition) is 2. The number of aromatic amines is 1. The fourth-order valence-electron chi connectivity index (χ4n) is 8.03. The highest BCUT2D eigenvalue weighted by molar-refractivity contribution is 9.10. The minimum absolute atomic E-state index is 0.0253. The molecule has 3 fully saturated rings. The summed E-state index contributed by atoms with van der Waals surface area (Å²) in [5, 5.41) is 3.78. The van der Waals surface area contributed by atoms with Crippen molar-refractivity contribution in [2.24, 2.45) is 29.6 Å². The molecule has 2 aliphatic heterocycles. The number of fused-ring (bicyclic) bond motifs is 9. The number of methoxy groups -OCH3 is 1. The molecule has 12 heteroatoms. The van der Waals surface area contributed by atoms with Gasteiger partial charge in [0.15, 0.2) is 6.61 Å². The van der Waals surface area contributed by atoms with Crippen LogP contribution in [0.3, 0.4) is 0 Å². The van der Waals surface area contributed by atoms with Crippen molar-refractivity contribution in [1.29, 1.82) is 0 Å². The van der Waals surface area contributed by atoms with Gasteiger partial charge in [-0.1, -0.05) is 39.4 Å². The number of nitrogens with one attached hydrogen (secondary N) is 2. The number of thioether (sulfide) groups is 1. The Labute approximate surface area is 280 Å². The Balaban J connectivity index is 1.04. The molecule has 4 aromatic rings. The maximum atomic E-state index is 13.9. The number of H-pyrrole nitrogens is 1. The maximum absolute atomic E-state index is 13.9. The van der Waals surface area contributed by atoms with Gasteiger partial charge < -0.3 is 19.8 Å². The number of benzene rings is 3. The summed E-state index contributed by atoms with van der Waals surface area (Å²) in [5.41, 5.74) is 2.27. The van der Waals surface area contributed by atoms with E-state index in [4.69, 9.17) is 9.47 Å². The van der Waals surface area contributed by atoms with E-state index >= 15 is 0 Å². The van der Waals surface area contributed by atoms with Gasteiger partial charge in [-0.2, -0.15) is 0 Å². The number of amides is 3. The minimum Gasteiger partial charge on any atom is -0.497 e. The van der Waals surface area contributed by atoms with E-state index in [1.54, 1.807) is 43.1 Å². The van der Waals surface area contributed by atoms with Crippen LogP contribution in [-0.4, -0.2) is 41.7 Å². The summed E-state index contributed by atoms with van der Waals surface area (Å²) in [5.74, 6) is 0.103. The Morgan fingerprint density at radius 1 is 0.935 bits per heavy atom. The lowest BCUT2D eigenvalue weighted by molar-refractivity contribution is -0.123. The van der Waals surface area contributed by atoms with Gasteiger partial charge in [0.05, 0.1) is 29.7 Å². The van der Waals surface area contributed by atoms with Gasteiger partial charge >= 0.3 is 4.87 Å². The normalized spacial score (nSPS) is 27.3. The number of rotatable bonds is 7. The van der Waals surface area contributed by atoms with E-state index in [-0.39, 0.29) is 70.0 Å². The van der Waals surface area contributed by atoms with E-state index in [9.17, 15) is 19.2 Å². The van der Waals surface area contributed by atoms with Gasteiger partial charge in [-0.3, -0.25) is 24.1 Å². The number of thiazole rings is 1. The topological polar surface area (TPSA) is 118 Å². The van der Waals surface area contributed by atoms with E-state index in [0.717, 1.165) is 26.4 Å². The molecule has 3 aromatic carbocycles. The molecule has 234 valence electrons. The third-order valence-electron chi connectivity index (χ3n) is 9.79. The number of nitrogens with zero attached hydrogens (tertiary/aromatic N) is 1. The first-order chi connectivity index (χ1) is 22.3. The van der Waals surface area contributed by atoms with Crippen LogP contribution in [-0.2, 0) is 14.4 Å². The smallest absolute Gasteiger partial charge is 0.305 e. The van der Waals surface area contributed by atoms with Crippen molar-refractivity contribution in [3.8, 4) is 11.5 Å². The highest BCUT2D eigenvalue weighted by Gasteiger charge is 2.69. The van der Waals surface area contributed by atoms with Crippen LogP contribution in [0, 0.1) is 29.6 Å². The first-order valence-electron chi connectivity index (χ1n) is 15.0. The zero-order chi connectivity index (χ0) is 31.7. The molecule has 4 unspecified atom stereocenters. The molecule has 1 aromatic heterocycles. The van der Waals surface area contributed by atoms with E-state index in [0.29, 0.717) is 22.9 Å². The molecule has 2 aliphatic carbocycles. The van der Waals surface area contributed by atoms with E-state index in [1.807, 2.05) is 48.5 Å². The first kappa shape index (κ1) is 29.5. The highest BCUT2D eigenvalue weighted by atomic mass is 79.9. The SMILES string of the molecule is COc1ccc(NC(=O)COc2ccc([C@H]3c4sc(=O)[nH]c4SC4C3[C@H]3C[C@@H]4C4C(=O)N(c5ccc(Br)cc5)C(=O)C43)cc2)cc1. The quantitative estimate of drug-likeness (QED) is 0.229. The molecular formula is C34H28BrN3O6S2. The van der Waals surface area contributed by atoms with Crippen molar-refractivity contribution in [1.82, 2.24) is 4.98 Å². The second kappa shape index (κ2) is 11.4. The molecule has 2 N–H and O–H groups in total. The summed E-state index contributed by atoms with van der Waals surface area (Å²) in [7, 11) is 1.59. The van der Waals surface area contributed by atoms with Gasteiger partial charge in [0.25, 0.3) is 5.91 Å². The van der Waals surface area contributed by atoms with Crippen LogP contribution >= 0.6 is 39.0 Å². The summed E-state index contributed by atoms with van der Waals surface area (Å²) >= 11 is 6.33. The molecule has 8 rings (SSSR count). The van der Waals surface area contributed by atoms with Gasteiger partial charge in [-0.15, -0.1) is 11.8 Å². The Hall–Kier alpha value is -3.87. The van der Waals surface area contributed by atoms with Gasteiger partial charge in [0.2, 0.25) is 11.8 Å². The third-order valence-corrected chi connectivity index (χ3v) is 12.9. The lowest BCUT2D eigenvalue weighted by Crippen LogP contribution is -2.42. The predicted octanol–water partition coefficient (Wildman–Crippen LogP) is 5.90. The van der Waals surface area contributed by atoms with Crippen LogP contribution in [0.4, 0.5) is 11.4 Å². The molecule has 0 radical (unpaired) electrons. The monoisotopic (exact) mass is 717 g/mol. The largest absolute Gasteiger partial charge is 0.497 e.